The standard InChI is InChI=1S/C11H12FN5O/c12-7-1-3-16(6-7)9-2-4-17-11(15-9)8(5-14-17)10(13)18/h2,4-5,7H,1,3,6H2,(H2,13,18). The molecule has 6 nitrogen and oxygen atoms in total. The summed E-state index contributed by atoms with van der Waals surface area (Å²) in [7, 11) is 0. The first-order valence-corrected chi connectivity index (χ1v) is 5.68. The van der Waals surface area contributed by atoms with Gasteiger partial charge in [0.2, 0.25) is 0 Å². The van der Waals surface area contributed by atoms with E-state index in [9.17, 15) is 9.18 Å². The fourth-order valence-electron chi connectivity index (χ4n) is 2.13. The molecule has 2 aromatic rings. The highest BCUT2D eigenvalue weighted by atomic mass is 19.1. The van der Waals surface area contributed by atoms with Crippen molar-refractivity contribution in [3.8, 4) is 0 Å². The van der Waals surface area contributed by atoms with E-state index in [2.05, 4.69) is 10.1 Å². The lowest BCUT2D eigenvalue weighted by molar-refractivity contribution is 0.100. The van der Waals surface area contributed by atoms with Crippen LogP contribution in [0.5, 0.6) is 0 Å². The molecule has 2 N–H and O–H groups in total. The number of fused-ring (bicyclic) bond motifs is 1. The van der Waals surface area contributed by atoms with Crippen LogP contribution in [0.15, 0.2) is 18.5 Å². The van der Waals surface area contributed by atoms with E-state index in [1.165, 1.54) is 10.7 Å². The van der Waals surface area contributed by atoms with E-state index in [1.807, 2.05) is 4.90 Å². The Balaban J connectivity index is 2.04. The molecule has 1 aliphatic heterocycles. The molecule has 0 aromatic carbocycles. The van der Waals surface area contributed by atoms with Gasteiger partial charge in [0.1, 0.15) is 17.6 Å². The van der Waals surface area contributed by atoms with Gasteiger partial charge >= 0.3 is 0 Å². The average Bonchev–Trinajstić information content (AvgIpc) is 2.93. The van der Waals surface area contributed by atoms with Crippen LogP contribution in [0.1, 0.15) is 16.8 Å². The van der Waals surface area contributed by atoms with Crippen LogP contribution in [0.4, 0.5) is 10.2 Å². The Labute approximate surface area is 102 Å². The number of primary amides is 1. The van der Waals surface area contributed by atoms with Crippen LogP contribution in [0.25, 0.3) is 5.65 Å². The second-order valence-electron chi connectivity index (χ2n) is 4.31. The summed E-state index contributed by atoms with van der Waals surface area (Å²) < 4.78 is 14.6. The Hall–Kier alpha value is -2.18. The minimum Gasteiger partial charge on any atom is -0.365 e. The zero-order valence-corrected chi connectivity index (χ0v) is 9.58. The number of nitrogens with two attached hydrogens (primary N) is 1. The second kappa shape index (κ2) is 3.94. The summed E-state index contributed by atoms with van der Waals surface area (Å²) in [6.07, 6.45) is 2.77. The molecule has 0 aliphatic carbocycles. The van der Waals surface area contributed by atoms with Gasteiger partial charge in [-0.05, 0) is 12.5 Å². The van der Waals surface area contributed by atoms with Crippen molar-refractivity contribution in [1.29, 1.82) is 0 Å². The molecule has 0 radical (unpaired) electrons. The molecule has 0 bridgehead atoms. The number of aromatic nitrogens is 3. The number of alkyl halides is 1. The number of hydrogen-bond acceptors (Lipinski definition) is 4. The predicted octanol–water partition coefficient (Wildman–Crippen LogP) is 0.376. The zero-order chi connectivity index (χ0) is 12.7. The van der Waals surface area contributed by atoms with E-state index in [0.29, 0.717) is 31.0 Å². The third kappa shape index (κ3) is 1.68. The van der Waals surface area contributed by atoms with Crippen molar-refractivity contribution < 1.29 is 9.18 Å². The largest absolute Gasteiger partial charge is 0.365 e. The van der Waals surface area contributed by atoms with Crippen LogP contribution in [-0.2, 0) is 0 Å². The van der Waals surface area contributed by atoms with Gasteiger partial charge in [-0.2, -0.15) is 5.10 Å². The molecule has 0 spiro atoms. The van der Waals surface area contributed by atoms with Crippen molar-refractivity contribution in [3.63, 3.8) is 0 Å². The number of nitrogens with zero attached hydrogens (tertiary/aromatic N) is 4. The molecule has 18 heavy (non-hydrogen) atoms. The fraction of sp³-hybridized carbons (Fsp3) is 0.364. The summed E-state index contributed by atoms with van der Waals surface area (Å²) in [6, 6.07) is 1.75. The van der Waals surface area contributed by atoms with Gasteiger partial charge < -0.3 is 10.6 Å². The van der Waals surface area contributed by atoms with Gasteiger partial charge in [-0.15, -0.1) is 0 Å². The van der Waals surface area contributed by atoms with Gasteiger partial charge in [0.25, 0.3) is 5.91 Å². The SMILES string of the molecule is NC(=O)c1cnn2ccc(N3CCC(F)C3)nc12. The quantitative estimate of drug-likeness (QED) is 0.834. The van der Waals surface area contributed by atoms with Gasteiger partial charge in [0.15, 0.2) is 5.65 Å². The number of carbonyl (C=O) groups is 1. The topological polar surface area (TPSA) is 76.5 Å². The molecule has 1 unspecified atom stereocenters. The normalized spacial score (nSPS) is 19.6. The molecule has 1 saturated heterocycles. The molecule has 1 fully saturated rings. The first-order chi connectivity index (χ1) is 8.65. The molecule has 3 heterocycles. The summed E-state index contributed by atoms with van der Waals surface area (Å²) in [4.78, 5) is 17.4. The third-order valence-corrected chi connectivity index (χ3v) is 3.07. The van der Waals surface area contributed by atoms with Crippen LogP contribution < -0.4 is 10.6 Å². The molecule has 7 heteroatoms. The van der Waals surface area contributed by atoms with Crippen LogP contribution in [0.2, 0.25) is 0 Å². The summed E-state index contributed by atoms with van der Waals surface area (Å²) in [5.74, 6) is 0.0742. The maximum Gasteiger partial charge on any atom is 0.254 e. The van der Waals surface area contributed by atoms with E-state index in [0.717, 1.165) is 0 Å². The predicted molar refractivity (Wildman–Crippen MR) is 63.2 cm³/mol. The highest BCUT2D eigenvalue weighted by Crippen LogP contribution is 2.21. The van der Waals surface area contributed by atoms with Crippen molar-refractivity contribution in [2.75, 3.05) is 18.0 Å². The second-order valence-corrected chi connectivity index (χ2v) is 4.31. The minimum atomic E-state index is -0.816. The van der Waals surface area contributed by atoms with E-state index in [1.54, 1.807) is 12.3 Å². The number of anilines is 1. The van der Waals surface area contributed by atoms with Crippen molar-refractivity contribution >= 4 is 17.4 Å². The zero-order valence-electron chi connectivity index (χ0n) is 9.58. The average molecular weight is 249 g/mol. The van der Waals surface area contributed by atoms with Gasteiger partial charge in [-0.1, -0.05) is 0 Å². The Kier molecular flexibility index (Phi) is 2.39. The summed E-state index contributed by atoms with van der Waals surface area (Å²) in [6.45, 7) is 0.966. The first-order valence-electron chi connectivity index (χ1n) is 5.68. The molecule has 94 valence electrons. The molecular formula is C11H12FN5O. The molecule has 1 atom stereocenters. The van der Waals surface area contributed by atoms with Gasteiger partial charge in [0.05, 0.1) is 12.7 Å². The van der Waals surface area contributed by atoms with Gasteiger partial charge in [0, 0.05) is 12.7 Å². The van der Waals surface area contributed by atoms with Crippen molar-refractivity contribution in [3.05, 3.63) is 24.0 Å². The molecule has 2 aromatic heterocycles. The summed E-state index contributed by atoms with van der Waals surface area (Å²) in [5, 5.41) is 3.98. The van der Waals surface area contributed by atoms with E-state index in [-0.39, 0.29) is 5.56 Å². The lowest BCUT2D eigenvalue weighted by atomic mass is 10.3. The van der Waals surface area contributed by atoms with Crippen molar-refractivity contribution in [1.82, 2.24) is 14.6 Å². The Morgan fingerprint density at radius 1 is 1.56 bits per heavy atom. The third-order valence-electron chi connectivity index (χ3n) is 3.07. The highest BCUT2D eigenvalue weighted by Gasteiger charge is 2.23. The Morgan fingerprint density at radius 3 is 3.06 bits per heavy atom. The number of hydrogen-bond donors (Lipinski definition) is 1. The number of rotatable bonds is 2. The van der Waals surface area contributed by atoms with Gasteiger partial charge in [-0.25, -0.2) is 13.9 Å². The minimum absolute atomic E-state index is 0.271. The Bertz CT molecular complexity index is 610. The molecule has 1 amide bonds. The maximum absolute atomic E-state index is 13.2. The van der Waals surface area contributed by atoms with Crippen LogP contribution in [0, 0.1) is 0 Å². The smallest absolute Gasteiger partial charge is 0.254 e. The number of halogens is 1. The van der Waals surface area contributed by atoms with E-state index < -0.39 is 12.1 Å². The number of carbonyl (C=O) groups excluding carboxylic acids is 1. The van der Waals surface area contributed by atoms with E-state index >= 15 is 0 Å². The summed E-state index contributed by atoms with van der Waals surface area (Å²) in [5.41, 5.74) is 5.92. The summed E-state index contributed by atoms with van der Waals surface area (Å²) >= 11 is 0. The highest BCUT2D eigenvalue weighted by molar-refractivity contribution is 5.98. The molecule has 0 saturated carbocycles. The molecule has 1 aliphatic rings. The lowest BCUT2D eigenvalue weighted by Gasteiger charge is -2.15. The fourth-order valence-corrected chi connectivity index (χ4v) is 2.13. The van der Waals surface area contributed by atoms with Crippen molar-refractivity contribution in [2.45, 2.75) is 12.6 Å². The first kappa shape index (κ1) is 10.9. The molecular weight excluding hydrogens is 237 g/mol. The molecule has 3 rings (SSSR count). The maximum atomic E-state index is 13.2. The Morgan fingerprint density at radius 2 is 2.39 bits per heavy atom. The van der Waals surface area contributed by atoms with Crippen LogP contribution in [0.3, 0.4) is 0 Å². The van der Waals surface area contributed by atoms with Gasteiger partial charge in [-0.3, -0.25) is 4.79 Å². The lowest BCUT2D eigenvalue weighted by Crippen LogP contribution is -2.21. The van der Waals surface area contributed by atoms with Crippen LogP contribution in [-0.4, -0.2) is 39.8 Å². The van der Waals surface area contributed by atoms with Crippen molar-refractivity contribution in [2.24, 2.45) is 5.73 Å². The monoisotopic (exact) mass is 249 g/mol. The van der Waals surface area contributed by atoms with E-state index in [4.69, 9.17) is 5.73 Å². The van der Waals surface area contributed by atoms with Crippen LogP contribution >= 0.6 is 0 Å². The number of amides is 1.